The Morgan fingerprint density at radius 1 is 1.33 bits per heavy atom. The molecule has 0 aliphatic carbocycles. The van der Waals surface area contributed by atoms with Crippen LogP contribution in [-0.2, 0) is 9.53 Å². The zero-order valence-corrected chi connectivity index (χ0v) is 10.6. The summed E-state index contributed by atoms with van der Waals surface area (Å²) in [5, 5.41) is 0. The van der Waals surface area contributed by atoms with E-state index < -0.39 is 5.97 Å². The van der Waals surface area contributed by atoms with Gasteiger partial charge in [-0.2, -0.15) is 0 Å². The van der Waals surface area contributed by atoms with Crippen LogP contribution in [0.4, 0.5) is 5.69 Å². The van der Waals surface area contributed by atoms with Gasteiger partial charge in [0.15, 0.2) is 6.61 Å². The SMILES string of the molecule is COC(=O)c1ccc(N)cc1OCC(=O)N(C)C. The van der Waals surface area contributed by atoms with Gasteiger partial charge in [0, 0.05) is 25.8 Å². The second kappa shape index (κ2) is 5.90. The molecule has 0 aliphatic rings. The molecule has 6 nitrogen and oxygen atoms in total. The third kappa shape index (κ3) is 3.38. The number of methoxy groups -OCH3 is 1. The Hall–Kier alpha value is -2.24. The summed E-state index contributed by atoms with van der Waals surface area (Å²) in [5.41, 5.74) is 6.28. The van der Waals surface area contributed by atoms with Crippen LogP contribution in [0.2, 0.25) is 0 Å². The zero-order chi connectivity index (χ0) is 13.7. The number of hydrogen-bond acceptors (Lipinski definition) is 5. The monoisotopic (exact) mass is 252 g/mol. The van der Waals surface area contributed by atoms with Gasteiger partial charge in [-0.3, -0.25) is 4.79 Å². The van der Waals surface area contributed by atoms with E-state index in [1.165, 1.54) is 24.1 Å². The van der Waals surface area contributed by atoms with Crippen LogP contribution in [-0.4, -0.2) is 44.6 Å². The molecule has 0 unspecified atom stereocenters. The molecule has 0 aliphatic heterocycles. The van der Waals surface area contributed by atoms with Crippen molar-refractivity contribution in [1.29, 1.82) is 0 Å². The van der Waals surface area contributed by atoms with Crippen LogP contribution in [0.25, 0.3) is 0 Å². The van der Waals surface area contributed by atoms with E-state index in [0.717, 1.165) is 0 Å². The molecule has 0 spiro atoms. The molecule has 0 atom stereocenters. The van der Waals surface area contributed by atoms with Gasteiger partial charge in [-0.25, -0.2) is 4.79 Å². The van der Waals surface area contributed by atoms with Crippen molar-refractivity contribution in [2.24, 2.45) is 0 Å². The number of ether oxygens (including phenoxy) is 2. The van der Waals surface area contributed by atoms with Gasteiger partial charge < -0.3 is 20.1 Å². The zero-order valence-electron chi connectivity index (χ0n) is 10.6. The number of nitrogens with zero attached hydrogens (tertiary/aromatic N) is 1. The number of anilines is 1. The van der Waals surface area contributed by atoms with Crippen LogP contribution in [0.1, 0.15) is 10.4 Å². The molecule has 2 N–H and O–H groups in total. The summed E-state index contributed by atoms with van der Waals surface area (Å²) in [6, 6.07) is 4.54. The first kappa shape index (κ1) is 13.8. The van der Waals surface area contributed by atoms with Crippen LogP contribution in [0.5, 0.6) is 5.75 Å². The highest BCUT2D eigenvalue weighted by Gasteiger charge is 2.15. The molecule has 0 bridgehead atoms. The number of likely N-dealkylation sites (N-methyl/N-ethyl adjacent to an activating group) is 1. The molecule has 98 valence electrons. The quantitative estimate of drug-likeness (QED) is 0.624. The maximum atomic E-state index is 11.5. The Morgan fingerprint density at radius 3 is 2.56 bits per heavy atom. The minimum atomic E-state index is -0.540. The first-order valence-electron chi connectivity index (χ1n) is 5.26. The van der Waals surface area contributed by atoms with Gasteiger partial charge in [-0.1, -0.05) is 0 Å². The van der Waals surface area contributed by atoms with Crippen molar-refractivity contribution in [2.75, 3.05) is 33.5 Å². The average molecular weight is 252 g/mol. The van der Waals surface area contributed by atoms with E-state index in [1.807, 2.05) is 0 Å². The molecule has 1 aromatic rings. The van der Waals surface area contributed by atoms with Crippen molar-refractivity contribution in [2.45, 2.75) is 0 Å². The number of esters is 1. The van der Waals surface area contributed by atoms with Crippen molar-refractivity contribution in [3.05, 3.63) is 23.8 Å². The molecule has 18 heavy (non-hydrogen) atoms. The maximum Gasteiger partial charge on any atom is 0.341 e. The first-order valence-corrected chi connectivity index (χ1v) is 5.26. The van der Waals surface area contributed by atoms with Crippen LogP contribution in [0.3, 0.4) is 0 Å². The van der Waals surface area contributed by atoms with Gasteiger partial charge >= 0.3 is 5.97 Å². The summed E-state index contributed by atoms with van der Waals surface area (Å²) in [7, 11) is 4.51. The smallest absolute Gasteiger partial charge is 0.341 e. The van der Waals surface area contributed by atoms with Crippen LogP contribution in [0, 0.1) is 0 Å². The summed E-state index contributed by atoms with van der Waals surface area (Å²) in [4.78, 5) is 24.3. The van der Waals surface area contributed by atoms with E-state index in [-0.39, 0.29) is 23.8 Å². The number of benzene rings is 1. The fraction of sp³-hybridized carbons (Fsp3) is 0.333. The highest BCUT2D eigenvalue weighted by molar-refractivity contribution is 5.93. The van der Waals surface area contributed by atoms with Crippen LogP contribution in [0.15, 0.2) is 18.2 Å². The van der Waals surface area contributed by atoms with E-state index in [9.17, 15) is 9.59 Å². The van der Waals surface area contributed by atoms with Crippen molar-refractivity contribution in [3.63, 3.8) is 0 Å². The van der Waals surface area contributed by atoms with E-state index in [2.05, 4.69) is 4.74 Å². The second-order valence-electron chi connectivity index (χ2n) is 3.82. The highest BCUT2D eigenvalue weighted by atomic mass is 16.5. The normalized spacial score (nSPS) is 9.72. The standard InChI is InChI=1S/C12H16N2O4/c1-14(2)11(15)7-18-10-6-8(13)4-5-9(10)12(16)17-3/h4-6H,7,13H2,1-3H3. The van der Waals surface area contributed by atoms with Crippen molar-refractivity contribution in [1.82, 2.24) is 4.90 Å². The molecule has 0 heterocycles. The van der Waals surface area contributed by atoms with Gasteiger partial charge in [0.05, 0.1) is 7.11 Å². The van der Waals surface area contributed by atoms with Crippen molar-refractivity contribution in [3.8, 4) is 5.75 Å². The van der Waals surface area contributed by atoms with E-state index in [1.54, 1.807) is 20.2 Å². The van der Waals surface area contributed by atoms with Crippen LogP contribution >= 0.6 is 0 Å². The van der Waals surface area contributed by atoms with Gasteiger partial charge in [-0.05, 0) is 12.1 Å². The number of hydrogen-bond donors (Lipinski definition) is 1. The lowest BCUT2D eigenvalue weighted by Gasteiger charge is -2.13. The largest absolute Gasteiger partial charge is 0.483 e. The molecule has 0 saturated heterocycles. The Kier molecular flexibility index (Phi) is 4.53. The molecular formula is C12H16N2O4. The van der Waals surface area contributed by atoms with Crippen molar-refractivity contribution < 1.29 is 19.1 Å². The lowest BCUT2D eigenvalue weighted by Crippen LogP contribution is -2.27. The molecule has 0 aromatic heterocycles. The number of carbonyl (C=O) groups is 2. The predicted octanol–water partition coefficient (Wildman–Crippen LogP) is 0.522. The van der Waals surface area contributed by atoms with E-state index >= 15 is 0 Å². The molecular weight excluding hydrogens is 236 g/mol. The number of rotatable bonds is 4. The number of nitrogens with two attached hydrogens (primary N) is 1. The fourth-order valence-electron chi connectivity index (χ4n) is 1.21. The Balaban J connectivity index is 2.89. The third-order valence-corrected chi connectivity index (χ3v) is 2.26. The van der Waals surface area contributed by atoms with Gasteiger partial charge in [0.1, 0.15) is 11.3 Å². The number of amides is 1. The highest BCUT2D eigenvalue weighted by Crippen LogP contribution is 2.22. The third-order valence-electron chi connectivity index (χ3n) is 2.26. The molecule has 1 aromatic carbocycles. The van der Waals surface area contributed by atoms with E-state index in [0.29, 0.717) is 5.69 Å². The molecule has 0 fully saturated rings. The first-order chi connectivity index (χ1) is 8.45. The Morgan fingerprint density at radius 2 is 2.00 bits per heavy atom. The number of carbonyl (C=O) groups excluding carboxylic acids is 2. The van der Waals surface area contributed by atoms with Crippen molar-refractivity contribution >= 4 is 17.6 Å². The Labute approximate surface area is 105 Å². The summed E-state index contributed by atoms with van der Waals surface area (Å²) in [5.74, 6) is -0.521. The minimum Gasteiger partial charge on any atom is -0.483 e. The molecule has 1 rings (SSSR count). The van der Waals surface area contributed by atoms with Gasteiger partial charge in [0.2, 0.25) is 0 Å². The van der Waals surface area contributed by atoms with Gasteiger partial charge in [-0.15, -0.1) is 0 Å². The topological polar surface area (TPSA) is 81.9 Å². The fourth-order valence-corrected chi connectivity index (χ4v) is 1.21. The lowest BCUT2D eigenvalue weighted by atomic mass is 10.2. The predicted molar refractivity (Wildman–Crippen MR) is 66.4 cm³/mol. The summed E-state index contributed by atoms with van der Waals surface area (Å²) in [6.45, 7) is -0.166. The van der Waals surface area contributed by atoms with Crippen LogP contribution < -0.4 is 10.5 Å². The van der Waals surface area contributed by atoms with E-state index in [4.69, 9.17) is 10.5 Å². The minimum absolute atomic E-state index is 0.166. The maximum absolute atomic E-state index is 11.5. The summed E-state index contributed by atoms with van der Waals surface area (Å²) < 4.78 is 9.91. The molecule has 0 radical (unpaired) electrons. The second-order valence-corrected chi connectivity index (χ2v) is 3.82. The number of nitrogen functional groups attached to an aromatic ring is 1. The molecule has 0 saturated carbocycles. The Bertz CT molecular complexity index is 457. The molecule has 1 amide bonds. The summed E-state index contributed by atoms with van der Waals surface area (Å²) in [6.07, 6.45) is 0. The summed E-state index contributed by atoms with van der Waals surface area (Å²) >= 11 is 0. The van der Waals surface area contributed by atoms with Gasteiger partial charge in [0.25, 0.3) is 5.91 Å². The average Bonchev–Trinajstić information content (AvgIpc) is 2.34. The molecule has 6 heteroatoms. The lowest BCUT2D eigenvalue weighted by molar-refractivity contribution is -0.130.